The molecule has 4 heteroatoms. The first-order valence-corrected chi connectivity index (χ1v) is 6.35. The van der Waals surface area contributed by atoms with Gasteiger partial charge in [-0.2, -0.15) is 0 Å². The predicted octanol–water partition coefficient (Wildman–Crippen LogP) is 3.63. The van der Waals surface area contributed by atoms with E-state index >= 15 is 0 Å². The van der Waals surface area contributed by atoms with E-state index in [-0.39, 0.29) is 5.82 Å². The second-order valence-corrected chi connectivity index (χ2v) is 4.42. The van der Waals surface area contributed by atoms with Crippen LogP contribution in [0.3, 0.4) is 0 Å². The van der Waals surface area contributed by atoms with Crippen LogP contribution >= 0.6 is 0 Å². The second-order valence-electron chi connectivity index (χ2n) is 4.42. The molecule has 0 spiro atoms. The average Bonchev–Trinajstić information content (AvgIpc) is 2.90. The van der Waals surface area contributed by atoms with Gasteiger partial charge in [0.2, 0.25) is 0 Å². The molecule has 3 nitrogen and oxygen atoms in total. The summed E-state index contributed by atoms with van der Waals surface area (Å²) in [7, 11) is 0. The van der Waals surface area contributed by atoms with E-state index in [0.717, 1.165) is 10.9 Å². The zero-order valence-corrected chi connectivity index (χ0v) is 10.9. The van der Waals surface area contributed by atoms with Crippen LogP contribution < -0.4 is 5.01 Å². The fourth-order valence-electron chi connectivity index (χ4n) is 2.28. The van der Waals surface area contributed by atoms with Crippen molar-refractivity contribution in [3.8, 4) is 0 Å². The van der Waals surface area contributed by atoms with Gasteiger partial charge in [0, 0.05) is 17.8 Å². The standard InChI is InChI=1S/C16H14FN3/c1-2-10-19(16-7-9-18-12-14(16)17)20-11-8-13-5-3-4-6-15(13)20/h2-9,11-12H,1,10H2. The number of rotatable bonds is 4. The number of hydrogen-bond acceptors (Lipinski definition) is 2. The molecule has 0 aliphatic rings. The van der Waals surface area contributed by atoms with Crippen LogP contribution in [0.2, 0.25) is 0 Å². The van der Waals surface area contributed by atoms with Crippen LogP contribution in [0, 0.1) is 5.82 Å². The van der Waals surface area contributed by atoms with E-state index in [1.807, 2.05) is 46.2 Å². The average molecular weight is 267 g/mol. The van der Waals surface area contributed by atoms with Crippen molar-refractivity contribution >= 4 is 16.6 Å². The summed E-state index contributed by atoms with van der Waals surface area (Å²) in [4.78, 5) is 3.79. The molecule has 0 unspecified atom stereocenters. The third-order valence-electron chi connectivity index (χ3n) is 3.17. The van der Waals surface area contributed by atoms with Gasteiger partial charge in [0.05, 0.1) is 23.9 Å². The molecule has 1 aromatic carbocycles. The molecule has 100 valence electrons. The fraction of sp³-hybridized carbons (Fsp3) is 0.0625. The molecule has 0 atom stereocenters. The van der Waals surface area contributed by atoms with Crippen LogP contribution in [0.1, 0.15) is 0 Å². The Labute approximate surface area is 116 Å². The number of pyridine rings is 1. The van der Waals surface area contributed by atoms with Gasteiger partial charge in [-0.1, -0.05) is 24.3 Å². The van der Waals surface area contributed by atoms with E-state index in [1.54, 1.807) is 18.3 Å². The minimum Gasteiger partial charge on any atom is -0.274 e. The van der Waals surface area contributed by atoms with Crippen molar-refractivity contribution in [2.75, 3.05) is 11.6 Å². The van der Waals surface area contributed by atoms with Crippen molar-refractivity contribution in [2.24, 2.45) is 0 Å². The first kappa shape index (κ1) is 12.4. The second kappa shape index (κ2) is 5.17. The Hall–Kier alpha value is -2.62. The summed E-state index contributed by atoms with van der Waals surface area (Å²) in [6.07, 6.45) is 6.47. The first-order chi connectivity index (χ1) is 9.81. The molecule has 3 aromatic rings. The van der Waals surface area contributed by atoms with Gasteiger partial charge in [-0.15, -0.1) is 6.58 Å². The highest BCUT2D eigenvalue weighted by molar-refractivity contribution is 5.81. The maximum absolute atomic E-state index is 14.0. The van der Waals surface area contributed by atoms with Crippen molar-refractivity contribution in [1.82, 2.24) is 9.66 Å². The van der Waals surface area contributed by atoms with Crippen LogP contribution in [0.4, 0.5) is 10.1 Å². The number of hydrogen-bond donors (Lipinski definition) is 0. The number of aromatic nitrogens is 2. The Morgan fingerprint density at radius 3 is 2.90 bits per heavy atom. The van der Waals surface area contributed by atoms with Gasteiger partial charge in [-0.05, 0) is 18.2 Å². The lowest BCUT2D eigenvalue weighted by molar-refractivity contribution is 0.606. The summed E-state index contributed by atoms with van der Waals surface area (Å²) >= 11 is 0. The zero-order valence-electron chi connectivity index (χ0n) is 10.9. The molecule has 0 amide bonds. The summed E-state index contributed by atoms with van der Waals surface area (Å²) in [5.74, 6) is -0.355. The summed E-state index contributed by atoms with van der Waals surface area (Å²) in [6, 6.07) is 11.6. The number of para-hydroxylation sites is 1. The normalized spacial score (nSPS) is 10.7. The molecule has 20 heavy (non-hydrogen) atoms. The van der Waals surface area contributed by atoms with Crippen LogP contribution in [-0.4, -0.2) is 16.2 Å². The maximum Gasteiger partial charge on any atom is 0.166 e. The Morgan fingerprint density at radius 1 is 1.25 bits per heavy atom. The Balaban J connectivity index is 2.16. The smallest absolute Gasteiger partial charge is 0.166 e. The van der Waals surface area contributed by atoms with Crippen molar-refractivity contribution in [3.63, 3.8) is 0 Å². The first-order valence-electron chi connectivity index (χ1n) is 6.35. The third-order valence-corrected chi connectivity index (χ3v) is 3.17. The summed E-state index contributed by atoms with van der Waals surface area (Å²) in [5.41, 5.74) is 1.49. The summed E-state index contributed by atoms with van der Waals surface area (Å²) < 4.78 is 15.9. The molecule has 3 rings (SSSR count). The Kier molecular flexibility index (Phi) is 3.21. The van der Waals surface area contributed by atoms with E-state index < -0.39 is 0 Å². The lowest BCUT2D eigenvalue weighted by Crippen LogP contribution is -2.29. The minimum atomic E-state index is -0.355. The quantitative estimate of drug-likeness (QED) is 0.673. The van der Waals surface area contributed by atoms with Crippen LogP contribution in [0.25, 0.3) is 10.9 Å². The zero-order chi connectivity index (χ0) is 13.9. The van der Waals surface area contributed by atoms with Crippen LogP contribution in [-0.2, 0) is 0 Å². The van der Waals surface area contributed by atoms with E-state index in [1.165, 1.54) is 6.20 Å². The molecule has 2 heterocycles. The number of nitrogens with zero attached hydrogens (tertiary/aromatic N) is 3. The van der Waals surface area contributed by atoms with Crippen molar-refractivity contribution in [3.05, 3.63) is 73.5 Å². The third kappa shape index (κ3) is 2.05. The molecule has 0 bridgehead atoms. The van der Waals surface area contributed by atoms with Gasteiger partial charge < -0.3 is 0 Å². The van der Waals surface area contributed by atoms with Gasteiger partial charge >= 0.3 is 0 Å². The monoisotopic (exact) mass is 267 g/mol. The molecular formula is C16H14FN3. The maximum atomic E-state index is 14.0. The highest BCUT2D eigenvalue weighted by Gasteiger charge is 2.13. The van der Waals surface area contributed by atoms with Crippen LogP contribution in [0.5, 0.6) is 0 Å². The SMILES string of the molecule is C=CCN(c1ccncc1F)n1ccc2ccccc21. The van der Waals surface area contributed by atoms with Crippen molar-refractivity contribution in [1.29, 1.82) is 0 Å². The number of anilines is 1. The molecule has 0 fully saturated rings. The highest BCUT2D eigenvalue weighted by atomic mass is 19.1. The van der Waals surface area contributed by atoms with Gasteiger partial charge in [0.15, 0.2) is 5.82 Å². The van der Waals surface area contributed by atoms with Gasteiger partial charge in [-0.3, -0.25) is 14.7 Å². The Bertz CT molecular complexity index is 748. The van der Waals surface area contributed by atoms with E-state index in [9.17, 15) is 4.39 Å². The fourth-order valence-corrected chi connectivity index (χ4v) is 2.28. The molecule has 0 saturated carbocycles. The molecular weight excluding hydrogens is 253 g/mol. The summed E-state index contributed by atoms with van der Waals surface area (Å²) in [5, 5.41) is 2.93. The molecule has 0 radical (unpaired) electrons. The van der Waals surface area contributed by atoms with Crippen LogP contribution in [0.15, 0.2) is 67.6 Å². The highest BCUT2D eigenvalue weighted by Crippen LogP contribution is 2.23. The topological polar surface area (TPSA) is 21.1 Å². The van der Waals surface area contributed by atoms with E-state index in [0.29, 0.717) is 12.2 Å². The minimum absolute atomic E-state index is 0.355. The van der Waals surface area contributed by atoms with E-state index in [4.69, 9.17) is 0 Å². The van der Waals surface area contributed by atoms with Crippen molar-refractivity contribution < 1.29 is 4.39 Å². The molecule has 0 saturated heterocycles. The molecule has 0 aliphatic heterocycles. The van der Waals surface area contributed by atoms with Gasteiger partial charge in [-0.25, -0.2) is 4.39 Å². The summed E-state index contributed by atoms with van der Waals surface area (Å²) in [6.45, 7) is 4.25. The number of halogens is 1. The van der Waals surface area contributed by atoms with Gasteiger partial charge in [0.1, 0.15) is 0 Å². The largest absolute Gasteiger partial charge is 0.274 e. The van der Waals surface area contributed by atoms with Gasteiger partial charge in [0.25, 0.3) is 0 Å². The van der Waals surface area contributed by atoms with Crippen molar-refractivity contribution in [2.45, 2.75) is 0 Å². The number of fused-ring (bicyclic) bond motifs is 1. The lowest BCUT2D eigenvalue weighted by atomic mass is 10.2. The lowest BCUT2D eigenvalue weighted by Gasteiger charge is -2.25. The predicted molar refractivity (Wildman–Crippen MR) is 79.1 cm³/mol. The number of benzene rings is 1. The molecule has 0 aliphatic carbocycles. The Morgan fingerprint density at radius 2 is 2.10 bits per heavy atom. The van der Waals surface area contributed by atoms with E-state index in [2.05, 4.69) is 11.6 Å². The molecule has 0 N–H and O–H groups in total. The molecule has 2 aromatic heterocycles.